The minimum atomic E-state index is 0.105. The van der Waals surface area contributed by atoms with Crippen LogP contribution < -0.4 is 5.32 Å². The lowest BCUT2D eigenvalue weighted by molar-refractivity contribution is 1.10. The van der Waals surface area contributed by atoms with Gasteiger partial charge in [0.05, 0.1) is 16.9 Å². The van der Waals surface area contributed by atoms with Gasteiger partial charge in [0.2, 0.25) is 5.28 Å². The van der Waals surface area contributed by atoms with Gasteiger partial charge in [0.15, 0.2) is 0 Å². The molecule has 1 aromatic heterocycles. The summed E-state index contributed by atoms with van der Waals surface area (Å²) in [6.07, 6.45) is 4.15. The fraction of sp³-hybridized carbons (Fsp3) is 0.125. The molecule has 0 aliphatic heterocycles. The van der Waals surface area contributed by atoms with E-state index in [2.05, 4.69) is 15.3 Å². The molecule has 4 nitrogen and oxygen atoms in total. The molecule has 0 saturated carbocycles. The van der Waals surface area contributed by atoms with Crippen LogP contribution in [0.3, 0.4) is 0 Å². The smallest absolute Gasteiger partial charge is 0.222 e. The van der Waals surface area contributed by atoms with E-state index in [1.54, 1.807) is 13.2 Å². The molecule has 0 radical (unpaired) electrons. The summed E-state index contributed by atoms with van der Waals surface area (Å²) in [5, 5.41) is 10.4. The summed E-state index contributed by atoms with van der Waals surface area (Å²) in [5.74, 6) is 0. The Hall–Kier alpha value is -1.13. The van der Waals surface area contributed by atoms with E-state index in [0.717, 1.165) is 6.21 Å². The van der Waals surface area contributed by atoms with Gasteiger partial charge < -0.3 is 10.7 Å². The van der Waals surface area contributed by atoms with Crippen LogP contribution in [0.5, 0.6) is 0 Å². The third kappa shape index (κ3) is 2.43. The molecule has 2 N–H and O–H groups in total. The molecule has 0 aliphatic carbocycles. The molecule has 0 fully saturated rings. The Labute approximate surface area is 91.5 Å². The molecule has 1 heterocycles. The predicted molar refractivity (Wildman–Crippen MR) is 57.9 cm³/mol. The van der Waals surface area contributed by atoms with Crippen LogP contribution in [0.2, 0.25) is 10.3 Å². The summed E-state index contributed by atoms with van der Waals surface area (Å²) in [6, 6.07) is 0. The van der Waals surface area contributed by atoms with Crippen molar-refractivity contribution in [3.8, 4) is 0 Å². The first-order valence-electron chi connectivity index (χ1n) is 3.75. The third-order valence-corrected chi connectivity index (χ3v) is 1.90. The van der Waals surface area contributed by atoms with Crippen molar-refractivity contribution in [2.45, 2.75) is 0 Å². The largest absolute Gasteiger partial charge is 0.393 e. The van der Waals surface area contributed by atoms with Gasteiger partial charge in [-0.3, -0.25) is 0 Å². The van der Waals surface area contributed by atoms with Crippen molar-refractivity contribution in [3.05, 3.63) is 28.4 Å². The molecule has 1 rings (SSSR count). The van der Waals surface area contributed by atoms with Crippen LogP contribution in [-0.4, -0.2) is 23.2 Å². The molecule has 0 amide bonds. The summed E-state index contributed by atoms with van der Waals surface area (Å²) >= 11 is 11.5. The van der Waals surface area contributed by atoms with Gasteiger partial charge in [-0.05, 0) is 11.6 Å². The van der Waals surface area contributed by atoms with E-state index < -0.39 is 0 Å². The van der Waals surface area contributed by atoms with E-state index in [4.69, 9.17) is 28.6 Å². The molecular formula is C8H8Cl2N4. The van der Waals surface area contributed by atoms with Crippen molar-refractivity contribution in [1.29, 1.82) is 5.41 Å². The Morgan fingerprint density at radius 2 is 2.29 bits per heavy atom. The third-order valence-electron chi connectivity index (χ3n) is 1.44. The zero-order valence-corrected chi connectivity index (χ0v) is 8.89. The number of hydrogen-bond donors (Lipinski definition) is 2. The SMILES string of the molecule is CN/C=C(\C=N)c1nc(Cl)ncc1Cl. The molecule has 0 atom stereocenters. The first-order valence-corrected chi connectivity index (χ1v) is 4.51. The lowest BCUT2D eigenvalue weighted by Gasteiger charge is -2.03. The van der Waals surface area contributed by atoms with Crippen molar-refractivity contribution in [2.24, 2.45) is 0 Å². The summed E-state index contributed by atoms with van der Waals surface area (Å²) in [5.41, 5.74) is 0.984. The van der Waals surface area contributed by atoms with Crippen molar-refractivity contribution in [3.63, 3.8) is 0 Å². The van der Waals surface area contributed by atoms with E-state index >= 15 is 0 Å². The summed E-state index contributed by atoms with van der Waals surface area (Å²) < 4.78 is 0. The fourth-order valence-corrected chi connectivity index (χ4v) is 1.22. The van der Waals surface area contributed by atoms with Crippen LogP contribution in [0, 0.1) is 5.41 Å². The molecule has 6 heteroatoms. The minimum absolute atomic E-state index is 0.105. The number of nitrogens with zero attached hydrogens (tertiary/aromatic N) is 2. The Bertz CT molecular complexity index is 376. The second-order valence-corrected chi connectivity index (χ2v) is 3.11. The highest BCUT2D eigenvalue weighted by Gasteiger charge is 2.07. The van der Waals surface area contributed by atoms with Gasteiger partial charge in [0.1, 0.15) is 0 Å². The van der Waals surface area contributed by atoms with Crippen LogP contribution in [0.4, 0.5) is 0 Å². The van der Waals surface area contributed by atoms with Gasteiger partial charge in [0, 0.05) is 25.0 Å². The van der Waals surface area contributed by atoms with Crippen molar-refractivity contribution in [1.82, 2.24) is 15.3 Å². The van der Waals surface area contributed by atoms with Gasteiger partial charge >= 0.3 is 0 Å². The lowest BCUT2D eigenvalue weighted by Crippen LogP contribution is -2.00. The maximum Gasteiger partial charge on any atom is 0.222 e. The molecule has 74 valence electrons. The van der Waals surface area contributed by atoms with Gasteiger partial charge in [-0.15, -0.1) is 0 Å². The van der Waals surface area contributed by atoms with E-state index in [-0.39, 0.29) is 5.28 Å². The average Bonchev–Trinajstić information content (AvgIpc) is 2.18. The van der Waals surface area contributed by atoms with Gasteiger partial charge in [0.25, 0.3) is 0 Å². The van der Waals surface area contributed by atoms with Crippen molar-refractivity contribution in [2.75, 3.05) is 7.05 Å². The molecule has 0 bridgehead atoms. The molecule has 0 saturated heterocycles. The standard InChI is InChI=1S/C8H8Cl2N4/c1-12-3-5(2-11)7-6(9)4-13-8(10)14-7/h2-4,11-12H,1H3/b5-3+,11-2?. The summed E-state index contributed by atoms with van der Waals surface area (Å²) in [6.45, 7) is 0. The second-order valence-electron chi connectivity index (χ2n) is 2.37. The highest BCUT2D eigenvalue weighted by molar-refractivity contribution is 6.34. The number of allylic oxidation sites excluding steroid dienone is 1. The van der Waals surface area contributed by atoms with E-state index in [1.807, 2.05) is 0 Å². The van der Waals surface area contributed by atoms with Crippen LogP contribution in [0.1, 0.15) is 5.69 Å². The van der Waals surface area contributed by atoms with E-state index in [9.17, 15) is 0 Å². The Morgan fingerprint density at radius 1 is 1.57 bits per heavy atom. The lowest BCUT2D eigenvalue weighted by atomic mass is 10.2. The highest BCUT2D eigenvalue weighted by atomic mass is 35.5. The average molecular weight is 231 g/mol. The van der Waals surface area contributed by atoms with Gasteiger partial charge in [-0.25, -0.2) is 9.97 Å². The fourth-order valence-electron chi connectivity index (χ4n) is 0.882. The Kier molecular flexibility index (Phi) is 3.85. The Balaban J connectivity index is 3.22. The monoisotopic (exact) mass is 230 g/mol. The first-order chi connectivity index (χ1) is 6.69. The summed E-state index contributed by atoms with van der Waals surface area (Å²) in [4.78, 5) is 7.64. The Morgan fingerprint density at radius 3 is 2.86 bits per heavy atom. The second kappa shape index (κ2) is 4.93. The van der Waals surface area contributed by atoms with Crippen molar-refractivity contribution < 1.29 is 0 Å². The maximum absolute atomic E-state index is 7.17. The molecule has 0 unspecified atom stereocenters. The number of rotatable bonds is 3. The molecule has 14 heavy (non-hydrogen) atoms. The number of halogens is 2. The predicted octanol–water partition coefficient (Wildman–Crippen LogP) is 1.99. The van der Waals surface area contributed by atoms with Crippen LogP contribution in [-0.2, 0) is 0 Å². The highest BCUT2D eigenvalue weighted by Crippen LogP contribution is 2.20. The maximum atomic E-state index is 7.17. The molecule has 0 aliphatic rings. The van der Waals surface area contributed by atoms with E-state index in [0.29, 0.717) is 16.3 Å². The zero-order valence-electron chi connectivity index (χ0n) is 7.38. The normalized spacial score (nSPS) is 11.2. The van der Waals surface area contributed by atoms with Gasteiger partial charge in [-0.2, -0.15) is 0 Å². The first kappa shape index (κ1) is 10.9. The zero-order chi connectivity index (χ0) is 10.6. The summed E-state index contributed by atoms with van der Waals surface area (Å²) in [7, 11) is 1.72. The molecule has 0 aromatic carbocycles. The molecule has 1 aromatic rings. The molecular weight excluding hydrogens is 223 g/mol. The molecule has 0 spiro atoms. The van der Waals surface area contributed by atoms with Crippen LogP contribution in [0.15, 0.2) is 12.4 Å². The van der Waals surface area contributed by atoms with E-state index in [1.165, 1.54) is 6.20 Å². The topological polar surface area (TPSA) is 61.7 Å². The number of hydrogen-bond acceptors (Lipinski definition) is 4. The van der Waals surface area contributed by atoms with Crippen LogP contribution in [0.25, 0.3) is 5.57 Å². The van der Waals surface area contributed by atoms with Crippen molar-refractivity contribution >= 4 is 35.0 Å². The number of aromatic nitrogens is 2. The van der Waals surface area contributed by atoms with Crippen LogP contribution >= 0.6 is 23.2 Å². The quantitative estimate of drug-likeness (QED) is 0.617. The number of nitrogens with one attached hydrogen (secondary N) is 2. The minimum Gasteiger partial charge on any atom is -0.393 e. The van der Waals surface area contributed by atoms with Gasteiger partial charge in [-0.1, -0.05) is 11.6 Å².